The largest absolute Gasteiger partial charge is 0.497 e. The number of aromatic nitrogens is 4. The van der Waals surface area contributed by atoms with Crippen molar-refractivity contribution in [3.63, 3.8) is 0 Å². The van der Waals surface area contributed by atoms with Gasteiger partial charge in [0.25, 0.3) is 0 Å². The minimum atomic E-state index is 0.515. The lowest BCUT2D eigenvalue weighted by molar-refractivity contribution is 0.414. The van der Waals surface area contributed by atoms with Crippen molar-refractivity contribution in [2.24, 2.45) is 0 Å². The van der Waals surface area contributed by atoms with Gasteiger partial charge in [0.2, 0.25) is 5.89 Å². The first-order chi connectivity index (χ1) is 15.2. The van der Waals surface area contributed by atoms with Crippen molar-refractivity contribution in [1.29, 1.82) is 0 Å². The average molecular weight is 413 g/mol. The number of oxazole rings is 1. The van der Waals surface area contributed by atoms with Crippen LogP contribution < -0.4 is 9.64 Å². The van der Waals surface area contributed by atoms with Gasteiger partial charge >= 0.3 is 0 Å². The predicted octanol–water partition coefficient (Wildman–Crippen LogP) is 4.33. The zero-order valence-electron chi connectivity index (χ0n) is 17.6. The summed E-state index contributed by atoms with van der Waals surface area (Å²) >= 11 is 0. The lowest BCUT2D eigenvalue weighted by atomic mass is 10.2. The lowest BCUT2D eigenvalue weighted by Crippen LogP contribution is -2.20. The summed E-state index contributed by atoms with van der Waals surface area (Å²) in [5, 5.41) is 0. The molecule has 3 heterocycles. The number of rotatable bonds is 6. The minimum Gasteiger partial charge on any atom is -0.497 e. The van der Waals surface area contributed by atoms with E-state index in [1.54, 1.807) is 19.6 Å². The van der Waals surface area contributed by atoms with Crippen LogP contribution in [0.15, 0.2) is 59.3 Å². The molecule has 0 aliphatic heterocycles. The summed E-state index contributed by atoms with van der Waals surface area (Å²) in [6, 6.07) is 13.7. The Kier molecular flexibility index (Phi) is 5.08. The Morgan fingerprint density at radius 3 is 2.74 bits per heavy atom. The van der Waals surface area contributed by atoms with Gasteiger partial charge in [0.05, 0.1) is 13.7 Å². The molecule has 156 valence electrons. The van der Waals surface area contributed by atoms with Gasteiger partial charge in [0.15, 0.2) is 5.82 Å². The van der Waals surface area contributed by atoms with Crippen LogP contribution in [0.5, 0.6) is 5.75 Å². The highest BCUT2D eigenvalue weighted by atomic mass is 16.5. The Bertz CT molecular complexity index is 1210. The number of hydrogen-bond donors (Lipinski definition) is 0. The molecule has 0 spiro atoms. The molecule has 0 saturated heterocycles. The molecule has 0 amide bonds. The maximum atomic E-state index is 5.75. The molecule has 0 N–H and O–H groups in total. The van der Waals surface area contributed by atoms with Crippen molar-refractivity contribution in [3.8, 4) is 28.5 Å². The molecule has 0 fully saturated rings. The third-order valence-corrected chi connectivity index (χ3v) is 5.46. The highest BCUT2D eigenvalue weighted by Gasteiger charge is 2.23. The van der Waals surface area contributed by atoms with Crippen LogP contribution >= 0.6 is 0 Å². The Morgan fingerprint density at radius 2 is 1.90 bits per heavy atom. The Hall–Kier alpha value is -3.74. The second-order valence-electron chi connectivity index (χ2n) is 7.58. The van der Waals surface area contributed by atoms with E-state index < -0.39 is 0 Å². The van der Waals surface area contributed by atoms with Crippen molar-refractivity contribution in [1.82, 2.24) is 19.9 Å². The zero-order valence-corrected chi connectivity index (χ0v) is 17.6. The van der Waals surface area contributed by atoms with Crippen LogP contribution in [0.2, 0.25) is 0 Å². The Balaban J connectivity index is 1.45. The van der Waals surface area contributed by atoms with E-state index in [-0.39, 0.29) is 0 Å². The Labute approximate surface area is 180 Å². The molecule has 0 unspecified atom stereocenters. The second-order valence-corrected chi connectivity index (χ2v) is 7.58. The summed E-state index contributed by atoms with van der Waals surface area (Å²) in [5.74, 6) is 2.89. The summed E-state index contributed by atoms with van der Waals surface area (Å²) in [5.41, 5.74) is 4.86. The summed E-state index contributed by atoms with van der Waals surface area (Å²) in [6.45, 7) is 0.515. The average Bonchev–Trinajstić information content (AvgIpc) is 3.48. The van der Waals surface area contributed by atoms with E-state index >= 15 is 0 Å². The quantitative estimate of drug-likeness (QED) is 0.466. The third-order valence-electron chi connectivity index (χ3n) is 5.46. The van der Waals surface area contributed by atoms with Crippen LogP contribution in [0, 0.1) is 0 Å². The smallest absolute Gasteiger partial charge is 0.214 e. The van der Waals surface area contributed by atoms with E-state index in [4.69, 9.17) is 19.1 Å². The van der Waals surface area contributed by atoms with Crippen LogP contribution in [-0.4, -0.2) is 34.1 Å². The number of aryl methyl sites for hydroxylation is 1. The van der Waals surface area contributed by atoms with Crippen LogP contribution in [-0.2, 0) is 19.4 Å². The van der Waals surface area contributed by atoms with Gasteiger partial charge in [-0.2, -0.15) is 0 Å². The molecule has 3 aromatic heterocycles. The summed E-state index contributed by atoms with van der Waals surface area (Å²) in [6.07, 6.45) is 6.42. The fourth-order valence-electron chi connectivity index (χ4n) is 3.91. The first-order valence-electron chi connectivity index (χ1n) is 10.3. The number of nitrogens with zero attached hydrogens (tertiary/aromatic N) is 5. The predicted molar refractivity (Wildman–Crippen MR) is 118 cm³/mol. The number of pyridine rings is 1. The molecule has 31 heavy (non-hydrogen) atoms. The number of benzene rings is 1. The molecule has 1 aromatic carbocycles. The molecule has 0 saturated carbocycles. The van der Waals surface area contributed by atoms with Crippen molar-refractivity contribution >= 4 is 5.82 Å². The molecule has 4 aromatic rings. The Morgan fingerprint density at radius 1 is 1.03 bits per heavy atom. The number of fused-ring (bicyclic) bond motifs is 1. The van der Waals surface area contributed by atoms with Crippen molar-refractivity contribution in [2.75, 3.05) is 19.1 Å². The standard InChI is InChI=1S/C24H23N5O2/c1-29(14-22-26-21(15-31-22)16-7-4-3-5-8-16)24-18-9-6-10-19(18)27-23(28-24)20-13-17(30-2)11-12-25-20/h3-5,7-8,11-13,15H,6,9-10,14H2,1-2H3. The molecular weight excluding hydrogens is 390 g/mol. The van der Waals surface area contributed by atoms with Gasteiger partial charge in [0, 0.05) is 36.1 Å². The molecule has 7 nitrogen and oxygen atoms in total. The maximum absolute atomic E-state index is 5.75. The number of ether oxygens (including phenoxy) is 1. The van der Waals surface area contributed by atoms with Crippen LogP contribution in [0.25, 0.3) is 22.8 Å². The van der Waals surface area contributed by atoms with Gasteiger partial charge < -0.3 is 14.1 Å². The fraction of sp³-hybridized carbons (Fsp3) is 0.250. The first kappa shape index (κ1) is 19.2. The molecule has 1 aliphatic carbocycles. The van der Waals surface area contributed by atoms with E-state index in [1.807, 2.05) is 49.5 Å². The van der Waals surface area contributed by atoms with E-state index in [0.717, 1.165) is 47.8 Å². The highest BCUT2D eigenvalue weighted by Crippen LogP contribution is 2.32. The molecule has 0 atom stereocenters. The number of hydrogen-bond acceptors (Lipinski definition) is 7. The summed E-state index contributed by atoms with van der Waals surface area (Å²) in [7, 11) is 3.65. The van der Waals surface area contributed by atoms with Crippen LogP contribution in [0.1, 0.15) is 23.6 Å². The van der Waals surface area contributed by atoms with Gasteiger partial charge in [-0.05, 0) is 25.3 Å². The number of anilines is 1. The second kappa shape index (κ2) is 8.18. The van der Waals surface area contributed by atoms with E-state index in [0.29, 0.717) is 24.0 Å². The monoisotopic (exact) mass is 413 g/mol. The lowest BCUT2D eigenvalue weighted by Gasteiger charge is -2.20. The minimum absolute atomic E-state index is 0.515. The SMILES string of the molecule is COc1ccnc(-c2nc3c(c(N(C)Cc4nc(-c5ccccc5)co4)n2)CCC3)c1. The zero-order chi connectivity index (χ0) is 21.2. The first-order valence-corrected chi connectivity index (χ1v) is 10.3. The number of methoxy groups -OCH3 is 1. The molecule has 0 bridgehead atoms. The summed E-state index contributed by atoms with van der Waals surface area (Å²) in [4.78, 5) is 20.9. The van der Waals surface area contributed by atoms with Gasteiger partial charge in [-0.3, -0.25) is 4.98 Å². The molecule has 1 aliphatic rings. The summed E-state index contributed by atoms with van der Waals surface area (Å²) < 4.78 is 11.1. The molecule has 5 rings (SSSR count). The molecule has 7 heteroatoms. The molecule has 0 radical (unpaired) electrons. The van der Waals surface area contributed by atoms with Crippen molar-refractivity contribution < 1.29 is 9.15 Å². The third kappa shape index (κ3) is 3.86. The van der Waals surface area contributed by atoms with Gasteiger partial charge in [0.1, 0.15) is 29.2 Å². The van der Waals surface area contributed by atoms with Gasteiger partial charge in [-0.25, -0.2) is 15.0 Å². The van der Waals surface area contributed by atoms with E-state index in [2.05, 4.69) is 14.9 Å². The van der Waals surface area contributed by atoms with Crippen molar-refractivity contribution in [2.45, 2.75) is 25.8 Å². The molecular formula is C24H23N5O2. The topological polar surface area (TPSA) is 77.2 Å². The fourth-order valence-corrected chi connectivity index (χ4v) is 3.91. The maximum Gasteiger partial charge on any atom is 0.214 e. The van der Waals surface area contributed by atoms with Crippen LogP contribution in [0.4, 0.5) is 5.82 Å². The van der Waals surface area contributed by atoms with Gasteiger partial charge in [-0.15, -0.1) is 0 Å². The normalized spacial score (nSPS) is 12.6. The highest BCUT2D eigenvalue weighted by molar-refractivity contribution is 5.60. The van der Waals surface area contributed by atoms with Gasteiger partial charge in [-0.1, -0.05) is 30.3 Å². The van der Waals surface area contributed by atoms with Crippen molar-refractivity contribution in [3.05, 3.63) is 72.1 Å². The van der Waals surface area contributed by atoms with E-state index in [1.165, 1.54) is 5.56 Å². The van der Waals surface area contributed by atoms with E-state index in [9.17, 15) is 0 Å². The van der Waals surface area contributed by atoms with Crippen LogP contribution in [0.3, 0.4) is 0 Å².